The van der Waals surface area contributed by atoms with Crippen molar-refractivity contribution in [3.05, 3.63) is 24.1 Å². The Morgan fingerprint density at radius 2 is 2.35 bits per heavy atom. The van der Waals surface area contributed by atoms with Crippen LogP contribution in [0.5, 0.6) is 0 Å². The summed E-state index contributed by atoms with van der Waals surface area (Å²) < 4.78 is 5.70. The third-order valence-corrected chi connectivity index (χ3v) is 3.72. The first-order valence-corrected chi connectivity index (χ1v) is 6.78. The van der Waals surface area contributed by atoms with Gasteiger partial charge in [-0.25, -0.2) is 4.98 Å². The molecule has 1 aliphatic rings. The van der Waals surface area contributed by atoms with Crippen LogP contribution in [-0.2, 0) is 11.3 Å². The molecule has 6 nitrogen and oxygen atoms in total. The fraction of sp³-hybridized carbons (Fsp3) is 0.429. The summed E-state index contributed by atoms with van der Waals surface area (Å²) in [5.74, 6) is 0.361. The molecule has 0 radical (unpaired) electrons. The first kappa shape index (κ1) is 12.9. The van der Waals surface area contributed by atoms with Gasteiger partial charge in [0.05, 0.1) is 12.5 Å². The van der Waals surface area contributed by atoms with Crippen molar-refractivity contribution in [2.24, 2.45) is 11.7 Å². The molecule has 1 aromatic carbocycles. The van der Waals surface area contributed by atoms with Gasteiger partial charge in [-0.15, -0.1) is 0 Å². The molecule has 2 aromatic rings. The van der Waals surface area contributed by atoms with Crippen LogP contribution < -0.4 is 11.5 Å². The molecule has 20 heavy (non-hydrogen) atoms. The first-order chi connectivity index (χ1) is 9.61. The van der Waals surface area contributed by atoms with E-state index in [1.807, 2.05) is 6.07 Å². The second-order valence-corrected chi connectivity index (χ2v) is 5.31. The Kier molecular flexibility index (Phi) is 3.31. The van der Waals surface area contributed by atoms with Crippen LogP contribution in [0.1, 0.15) is 18.7 Å². The molecule has 0 aliphatic carbocycles. The van der Waals surface area contributed by atoms with E-state index in [1.165, 1.54) is 0 Å². The molecule has 106 valence electrons. The second-order valence-electron chi connectivity index (χ2n) is 5.31. The Hall–Kier alpha value is -2.08. The second kappa shape index (κ2) is 5.13. The van der Waals surface area contributed by atoms with Gasteiger partial charge in [-0.3, -0.25) is 9.69 Å². The largest absolute Gasteiger partial charge is 0.439 e. The molecule has 1 aromatic heterocycles. The number of nitrogens with two attached hydrogens (primary N) is 2. The Balaban J connectivity index is 1.74. The lowest BCUT2D eigenvalue weighted by Crippen LogP contribution is -2.40. The zero-order valence-electron chi connectivity index (χ0n) is 11.2. The van der Waals surface area contributed by atoms with E-state index in [0.717, 1.165) is 30.5 Å². The number of amides is 1. The summed E-state index contributed by atoms with van der Waals surface area (Å²) in [6.45, 7) is 2.21. The molecular weight excluding hydrogens is 256 g/mol. The van der Waals surface area contributed by atoms with Crippen molar-refractivity contribution in [3.63, 3.8) is 0 Å². The minimum absolute atomic E-state index is 0.0660. The number of hydrogen-bond donors (Lipinski definition) is 2. The van der Waals surface area contributed by atoms with Crippen molar-refractivity contribution in [2.75, 3.05) is 18.8 Å². The van der Waals surface area contributed by atoms with Crippen LogP contribution in [0.25, 0.3) is 11.1 Å². The molecule has 0 spiro atoms. The number of oxazole rings is 1. The highest BCUT2D eigenvalue weighted by Gasteiger charge is 2.24. The van der Waals surface area contributed by atoms with Gasteiger partial charge in [0.25, 0.3) is 0 Å². The number of piperidine rings is 1. The number of likely N-dealkylation sites (tertiary alicyclic amines) is 1. The Labute approximate surface area is 116 Å². The zero-order chi connectivity index (χ0) is 14.1. The Bertz CT molecular complexity index is 637. The third kappa shape index (κ3) is 2.60. The van der Waals surface area contributed by atoms with E-state index in [-0.39, 0.29) is 11.8 Å². The Morgan fingerprint density at radius 3 is 3.15 bits per heavy atom. The van der Waals surface area contributed by atoms with E-state index < -0.39 is 0 Å². The molecule has 6 heteroatoms. The van der Waals surface area contributed by atoms with Crippen molar-refractivity contribution in [1.29, 1.82) is 0 Å². The van der Waals surface area contributed by atoms with Gasteiger partial charge >= 0.3 is 0 Å². The van der Waals surface area contributed by atoms with Crippen LogP contribution in [0.2, 0.25) is 0 Å². The summed E-state index contributed by atoms with van der Waals surface area (Å²) in [6, 6.07) is 5.41. The van der Waals surface area contributed by atoms with Gasteiger partial charge in [0.2, 0.25) is 11.8 Å². The molecule has 0 bridgehead atoms. The van der Waals surface area contributed by atoms with Gasteiger partial charge < -0.3 is 15.9 Å². The van der Waals surface area contributed by atoms with Crippen LogP contribution >= 0.6 is 0 Å². The normalized spacial score (nSPS) is 20.3. The number of nitrogen functional groups attached to an aromatic ring is 1. The molecule has 4 N–H and O–H groups in total. The van der Waals surface area contributed by atoms with Gasteiger partial charge in [-0.2, -0.15) is 0 Å². The lowest BCUT2D eigenvalue weighted by molar-refractivity contribution is -0.123. The maximum absolute atomic E-state index is 11.3. The smallest absolute Gasteiger partial charge is 0.221 e. The fourth-order valence-electron chi connectivity index (χ4n) is 2.68. The molecule has 0 saturated carbocycles. The summed E-state index contributed by atoms with van der Waals surface area (Å²) in [5, 5.41) is 0. The summed E-state index contributed by atoms with van der Waals surface area (Å²) >= 11 is 0. The predicted octanol–water partition coefficient (Wildman–Crippen LogP) is 1.11. The van der Waals surface area contributed by atoms with Gasteiger partial charge in [0.15, 0.2) is 5.58 Å². The van der Waals surface area contributed by atoms with Crippen molar-refractivity contribution < 1.29 is 9.21 Å². The summed E-state index contributed by atoms with van der Waals surface area (Å²) in [4.78, 5) is 17.9. The topological polar surface area (TPSA) is 98.4 Å². The van der Waals surface area contributed by atoms with Crippen molar-refractivity contribution in [3.8, 4) is 0 Å². The maximum atomic E-state index is 11.3. The zero-order valence-corrected chi connectivity index (χ0v) is 11.2. The lowest BCUT2D eigenvalue weighted by Gasteiger charge is -2.29. The number of rotatable bonds is 3. The standard InChI is InChI=1S/C14H18N4O2/c15-10-3-4-12-11(6-10)17-13(20-12)8-18-5-1-2-9(7-18)14(16)19/h3-4,6,9H,1-2,5,7-8,15H2,(H2,16,19). The van der Waals surface area contributed by atoms with Gasteiger partial charge in [0.1, 0.15) is 5.52 Å². The highest BCUT2D eigenvalue weighted by Crippen LogP contribution is 2.22. The van der Waals surface area contributed by atoms with E-state index in [9.17, 15) is 4.79 Å². The number of aromatic nitrogens is 1. The van der Waals surface area contributed by atoms with Crippen LogP contribution in [0.3, 0.4) is 0 Å². The third-order valence-electron chi connectivity index (χ3n) is 3.72. The number of anilines is 1. The van der Waals surface area contributed by atoms with E-state index in [1.54, 1.807) is 12.1 Å². The number of nitrogens with zero attached hydrogens (tertiary/aromatic N) is 2. The number of hydrogen-bond acceptors (Lipinski definition) is 5. The van der Waals surface area contributed by atoms with Crippen LogP contribution in [0.15, 0.2) is 22.6 Å². The van der Waals surface area contributed by atoms with Gasteiger partial charge in [0, 0.05) is 12.2 Å². The number of carbonyl (C=O) groups excluding carboxylic acids is 1. The number of primary amides is 1. The van der Waals surface area contributed by atoms with Crippen LogP contribution in [-0.4, -0.2) is 28.9 Å². The SMILES string of the molecule is NC(=O)C1CCCN(Cc2nc3cc(N)ccc3o2)C1. The molecule has 1 atom stereocenters. The molecule has 1 fully saturated rings. The molecule has 1 aliphatic heterocycles. The van der Waals surface area contributed by atoms with E-state index in [2.05, 4.69) is 9.88 Å². The molecular formula is C14H18N4O2. The van der Waals surface area contributed by atoms with Crippen molar-refractivity contribution in [2.45, 2.75) is 19.4 Å². The van der Waals surface area contributed by atoms with Crippen LogP contribution in [0.4, 0.5) is 5.69 Å². The van der Waals surface area contributed by atoms with Crippen molar-refractivity contribution >= 4 is 22.7 Å². The minimum atomic E-state index is -0.222. The highest BCUT2D eigenvalue weighted by molar-refractivity contribution is 5.77. The number of benzene rings is 1. The fourth-order valence-corrected chi connectivity index (χ4v) is 2.68. The summed E-state index contributed by atoms with van der Waals surface area (Å²) in [5.41, 5.74) is 13.3. The lowest BCUT2D eigenvalue weighted by atomic mass is 9.97. The summed E-state index contributed by atoms with van der Waals surface area (Å²) in [7, 11) is 0. The molecule has 1 amide bonds. The maximum Gasteiger partial charge on any atom is 0.221 e. The predicted molar refractivity (Wildman–Crippen MR) is 75.6 cm³/mol. The average Bonchev–Trinajstić information content (AvgIpc) is 2.80. The van der Waals surface area contributed by atoms with Gasteiger partial charge in [-0.1, -0.05) is 0 Å². The molecule has 1 saturated heterocycles. The average molecular weight is 274 g/mol. The number of carbonyl (C=O) groups is 1. The minimum Gasteiger partial charge on any atom is -0.439 e. The van der Waals surface area contributed by atoms with E-state index in [0.29, 0.717) is 24.7 Å². The highest BCUT2D eigenvalue weighted by atomic mass is 16.3. The Morgan fingerprint density at radius 1 is 1.50 bits per heavy atom. The number of fused-ring (bicyclic) bond motifs is 1. The molecule has 1 unspecified atom stereocenters. The van der Waals surface area contributed by atoms with Crippen LogP contribution in [0, 0.1) is 5.92 Å². The first-order valence-electron chi connectivity index (χ1n) is 6.78. The van der Waals surface area contributed by atoms with Gasteiger partial charge in [-0.05, 0) is 37.6 Å². The monoisotopic (exact) mass is 274 g/mol. The van der Waals surface area contributed by atoms with E-state index >= 15 is 0 Å². The molecule has 2 heterocycles. The quantitative estimate of drug-likeness (QED) is 0.817. The van der Waals surface area contributed by atoms with E-state index in [4.69, 9.17) is 15.9 Å². The molecule has 3 rings (SSSR count). The van der Waals surface area contributed by atoms with Crippen molar-refractivity contribution in [1.82, 2.24) is 9.88 Å². The summed E-state index contributed by atoms with van der Waals surface area (Å²) in [6.07, 6.45) is 1.84.